The van der Waals surface area contributed by atoms with Crippen LogP contribution in [0.1, 0.15) is 32.1 Å². The van der Waals surface area contributed by atoms with E-state index in [-0.39, 0.29) is 25.1 Å². The second-order valence-electron chi connectivity index (χ2n) is 7.04. The SMILES string of the molecule is NC(=O)CC(NC(=O)C(N)CS)C(=O)NC(CCC(=O)O)C(=O)N1CCCC1C(=O)O. The van der Waals surface area contributed by atoms with E-state index in [1.54, 1.807) is 0 Å². The molecule has 1 fully saturated rings. The van der Waals surface area contributed by atoms with Crippen molar-refractivity contribution in [2.45, 2.75) is 56.3 Å². The maximum atomic E-state index is 12.9. The van der Waals surface area contributed by atoms with Crippen molar-refractivity contribution in [3.63, 3.8) is 0 Å². The third kappa shape index (κ3) is 8.05. The Morgan fingerprint density at radius 1 is 1.06 bits per heavy atom. The molecule has 1 rings (SSSR count). The first kappa shape index (κ1) is 26.2. The minimum Gasteiger partial charge on any atom is -0.481 e. The molecule has 8 N–H and O–H groups in total. The Bertz CT molecular complexity index is 733. The molecule has 1 aliphatic rings. The van der Waals surface area contributed by atoms with E-state index in [0.717, 1.165) is 4.90 Å². The molecular weight excluding hydrogens is 434 g/mol. The summed E-state index contributed by atoms with van der Waals surface area (Å²) in [5.41, 5.74) is 10.7. The summed E-state index contributed by atoms with van der Waals surface area (Å²) in [6, 6.07) is -5.01. The van der Waals surface area contributed by atoms with Crippen molar-refractivity contribution in [2.75, 3.05) is 12.3 Å². The van der Waals surface area contributed by atoms with E-state index in [1.165, 1.54) is 0 Å². The average molecular weight is 461 g/mol. The van der Waals surface area contributed by atoms with Crippen molar-refractivity contribution < 1.29 is 39.0 Å². The lowest BCUT2D eigenvalue weighted by atomic mass is 10.1. The molecule has 31 heavy (non-hydrogen) atoms. The lowest BCUT2D eigenvalue weighted by Gasteiger charge is -2.28. The topological polar surface area (TPSA) is 222 Å². The van der Waals surface area contributed by atoms with Gasteiger partial charge in [-0.25, -0.2) is 4.79 Å². The molecule has 0 saturated carbocycles. The molecule has 1 aliphatic heterocycles. The summed E-state index contributed by atoms with van der Waals surface area (Å²) in [5.74, 6) is -5.92. The number of nitrogens with zero attached hydrogens (tertiary/aromatic N) is 1. The summed E-state index contributed by atoms with van der Waals surface area (Å²) >= 11 is 3.87. The molecule has 0 aromatic heterocycles. The van der Waals surface area contributed by atoms with Crippen LogP contribution >= 0.6 is 12.6 Å². The Balaban J connectivity index is 3.03. The van der Waals surface area contributed by atoms with Gasteiger partial charge in [0, 0.05) is 18.7 Å². The molecule has 0 aromatic carbocycles. The average Bonchev–Trinajstić information content (AvgIpc) is 3.18. The zero-order chi connectivity index (χ0) is 23.7. The highest BCUT2D eigenvalue weighted by Crippen LogP contribution is 2.19. The van der Waals surface area contributed by atoms with Gasteiger partial charge in [0.25, 0.3) is 0 Å². The van der Waals surface area contributed by atoms with E-state index in [4.69, 9.17) is 16.6 Å². The van der Waals surface area contributed by atoms with Crippen molar-refractivity contribution in [1.82, 2.24) is 15.5 Å². The number of carbonyl (C=O) groups is 6. The number of hydrogen-bond acceptors (Lipinski definition) is 8. The van der Waals surface area contributed by atoms with Crippen molar-refractivity contribution in [3.05, 3.63) is 0 Å². The third-order valence-electron chi connectivity index (χ3n) is 4.65. The molecule has 0 aromatic rings. The molecule has 4 unspecified atom stereocenters. The predicted octanol–water partition coefficient (Wildman–Crippen LogP) is -2.97. The number of carboxylic acid groups (broad SMARTS) is 2. The first-order valence-electron chi connectivity index (χ1n) is 9.48. The number of carboxylic acids is 2. The quantitative estimate of drug-likeness (QED) is 0.147. The number of amides is 4. The number of nitrogens with two attached hydrogens (primary N) is 2. The maximum absolute atomic E-state index is 12.9. The summed E-state index contributed by atoms with van der Waals surface area (Å²) in [4.78, 5) is 72.3. The van der Waals surface area contributed by atoms with Crippen LogP contribution in [0.2, 0.25) is 0 Å². The van der Waals surface area contributed by atoms with Gasteiger partial charge >= 0.3 is 11.9 Å². The molecule has 1 saturated heterocycles. The number of thiol groups is 1. The molecule has 4 amide bonds. The van der Waals surface area contributed by atoms with E-state index in [1.807, 2.05) is 0 Å². The van der Waals surface area contributed by atoms with Gasteiger partial charge in [0.2, 0.25) is 23.6 Å². The van der Waals surface area contributed by atoms with Crippen molar-refractivity contribution in [2.24, 2.45) is 11.5 Å². The number of carbonyl (C=O) groups excluding carboxylic acids is 4. The third-order valence-corrected chi connectivity index (χ3v) is 5.05. The highest BCUT2D eigenvalue weighted by molar-refractivity contribution is 7.80. The van der Waals surface area contributed by atoms with E-state index in [9.17, 15) is 33.9 Å². The Hall–Kier alpha value is -2.87. The zero-order valence-electron chi connectivity index (χ0n) is 16.7. The molecule has 0 radical (unpaired) electrons. The van der Waals surface area contributed by atoms with Crippen molar-refractivity contribution >= 4 is 48.2 Å². The highest BCUT2D eigenvalue weighted by Gasteiger charge is 2.38. The van der Waals surface area contributed by atoms with E-state index >= 15 is 0 Å². The largest absolute Gasteiger partial charge is 0.481 e. The lowest BCUT2D eigenvalue weighted by molar-refractivity contribution is -0.150. The fraction of sp³-hybridized carbons (Fsp3) is 0.647. The maximum Gasteiger partial charge on any atom is 0.326 e. The monoisotopic (exact) mass is 461 g/mol. The minimum atomic E-state index is -1.47. The van der Waals surface area contributed by atoms with E-state index < -0.39 is 72.6 Å². The van der Waals surface area contributed by atoms with Crippen molar-refractivity contribution in [1.29, 1.82) is 0 Å². The van der Waals surface area contributed by atoms with Crippen LogP contribution in [-0.4, -0.2) is 87.1 Å². The standard InChI is InChI=1S/C17H27N5O8S/c18-8(7-31)14(26)21-10(6-12(19)23)15(27)20-9(3-4-13(24)25)16(28)22-5-1-2-11(22)17(29)30/h8-11,31H,1-7,18H2,(H2,19,23)(H,20,27)(H,21,26)(H,24,25)(H,29,30). The summed E-state index contributed by atoms with van der Waals surface area (Å²) in [7, 11) is 0. The van der Waals surface area contributed by atoms with E-state index in [0.29, 0.717) is 6.42 Å². The van der Waals surface area contributed by atoms with Gasteiger partial charge in [0.05, 0.1) is 12.5 Å². The van der Waals surface area contributed by atoms with Gasteiger partial charge in [-0.1, -0.05) is 0 Å². The van der Waals surface area contributed by atoms with Crippen LogP contribution in [0, 0.1) is 0 Å². The van der Waals surface area contributed by atoms with E-state index in [2.05, 4.69) is 23.3 Å². The number of nitrogens with one attached hydrogen (secondary N) is 2. The van der Waals surface area contributed by atoms with Crippen LogP contribution in [0.15, 0.2) is 0 Å². The number of rotatable bonds is 12. The van der Waals surface area contributed by atoms with Crippen LogP contribution in [0.5, 0.6) is 0 Å². The van der Waals surface area contributed by atoms with Crippen LogP contribution < -0.4 is 22.1 Å². The molecule has 0 bridgehead atoms. The van der Waals surface area contributed by atoms with Crippen LogP contribution in [-0.2, 0) is 28.8 Å². The van der Waals surface area contributed by atoms with Crippen LogP contribution in [0.3, 0.4) is 0 Å². The predicted molar refractivity (Wildman–Crippen MR) is 109 cm³/mol. The van der Waals surface area contributed by atoms with Crippen LogP contribution in [0.25, 0.3) is 0 Å². The summed E-state index contributed by atoms with van der Waals surface area (Å²) in [6.45, 7) is 0.132. The molecular formula is C17H27N5O8S. The smallest absolute Gasteiger partial charge is 0.326 e. The molecule has 14 heteroatoms. The Morgan fingerprint density at radius 2 is 1.68 bits per heavy atom. The fourth-order valence-corrected chi connectivity index (χ4v) is 3.22. The van der Waals surface area contributed by atoms with Crippen molar-refractivity contribution in [3.8, 4) is 0 Å². The zero-order valence-corrected chi connectivity index (χ0v) is 17.5. The summed E-state index contributed by atoms with van der Waals surface area (Å²) in [5, 5.41) is 22.8. The lowest BCUT2D eigenvalue weighted by Crippen LogP contribution is -2.58. The molecule has 0 spiro atoms. The number of hydrogen-bond donors (Lipinski definition) is 7. The molecule has 1 heterocycles. The Kier molecular flexibility index (Phi) is 10.2. The van der Waals surface area contributed by atoms with Gasteiger partial charge in [-0.3, -0.25) is 24.0 Å². The normalized spacial score (nSPS) is 18.5. The Morgan fingerprint density at radius 3 is 2.19 bits per heavy atom. The number of primary amides is 1. The molecule has 13 nitrogen and oxygen atoms in total. The van der Waals surface area contributed by atoms with Gasteiger partial charge in [-0.05, 0) is 19.3 Å². The summed E-state index contributed by atoms with van der Waals surface area (Å²) in [6.07, 6.45) is -0.749. The summed E-state index contributed by atoms with van der Waals surface area (Å²) < 4.78 is 0. The molecule has 4 atom stereocenters. The number of likely N-dealkylation sites (tertiary alicyclic amines) is 1. The van der Waals surface area contributed by atoms with Gasteiger partial charge < -0.3 is 37.2 Å². The molecule has 174 valence electrons. The van der Waals surface area contributed by atoms with Crippen LogP contribution in [0.4, 0.5) is 0 Å². The first-order chi connectivity index (χ1) is 14.5. The fourth-order valence-electron chi connectivity index (χ4n) is 3.06. The highest BCUT2D eigenvalue weighted by atomic mass is 32.1. The van der Waals surface area contributed by atoms with Gasteiger partial charge in [-0.2, -0.15) is 12.6 Å². The molecule has 0 aliphatic carbocycles. The van der Waals surface area contributed by atoms with Gasteiger partial charge in [0.1, 0.15) is 18.1 Å². The first-order valence-corrected chi connectivity index (χ1v) is 10.1. The van der Waals surface area contributed by atoms with Gasteiger partial charge in [0.15, 0.2) is 0 Å². The second kappa shape index (κ2) is 12.1. The number of aliphatic carboxylic acids is 2. The second-order valence-corrected chi connectivity index (χ2v) is 7.41. The van der Waals surface area contributed by atoms with Gasteiger partial charge in [-0.15, -0.1) is 0 Å². The minimum absolute atomic E-state index is 0.0397. The Labute approximate surface area is 183 Å².